The first kappa shape index (κ1) is 23.9. The molecule has 0 saturated carbocycles. The molecule has 1 saturated heterocycles. The number of aliphatic imine (C=N–C) groups is 1. The molecule has 3 rings (SSSR count). The van der Waals surface area contributed by atoms with E-state index in [4.69, 9.17) is 0 Å². The molecule has 1 aliphatic rings. The maximum absolute atomic E-state index is 12.1. The second kappa shape index (κ2) is 11.7. The Hall–Kier alpha value is -1.37. The molecule has 0 bridgehead atoms. The molecule has 3 N–H and O–H groups in total. The number of sulfonamides is 1. The molecule has 29 heavy (non-hydrogen) atoms. The quantitative estimate of drug-likeness (QED) is 0.214. The lowest BCUT2D eigenvalue weighted by molar-refractivity contribution is 0.461. The first-order valence-corrected chi connectivity index (χ1v) is 11.7. The summed E-state index contributed by atoms with van der Waals surface area (Å²) in [6.07, 6.45) is 2.06. The lowest BCUT2D eigenvalue weighted by Crippen LogP contribution is -2.49. The number of thiophene rings is 1. The molecule has 1 fully saturated rings. The third-order valence-electron chi connectivity index (χ3n) is 4.65. The summed E-state index contributed by atoms with van der Waals surface area (Å²) in [6.45, 7) is 2.76. The van der Waals surface area contributed by atoms with Gasteiger partial charge in [-0.3, -0.25) is 4.99 Å². The maximum atomic E-state index is 12.1. The van der Waals surface area contributed by atoms with Gasteiger partial charge in [-0.2, -0.15) is 0 Å². The Morgan fingerprint density at radius 3 is 2.48 bits per heavy atom. The number of para-hydroxylation sites is 1. The number of nitrogens with one attached hydrogen (secondary N) is 3. The van der Waals surface area contributed by atoms with Crippen LogP contribution in [-0.2, 0) is 10.0 Å². The smallest absolute Gasteiger partial charge is 0.250 e. The highest BCUT2D eigenvalue weighted by molar-refractivity contribution is 14.0. The molecule has 0 aliphatic carbocycles. The van der Waals surface area contributed by atoms with Crippen LogP contribution in [-0.4, -0.2) is 53.6 Å². The van der Waals surface area contributed by atoms with Gasteiger partial charge in [-0.1, -0.05) is 24.3 Å². The summed E-state index contributed by atoms with van der Waals surface area (Å²) in [6, 6.07) is 14.1. The van der Waals surface area contributed by atoms with Gasteiger partial charge in [0.25, 0.3) is 0 Å². The standard InChI is InChI=1S/C19H27N5O2S2.HI/c1-20-19(21-11-12-22-28(25,26)18-8-5-15-27-18)23-16-9-13-24(14-10-16)17-6-3-2-4-7-17;/h2-8,15-16,22H,9-14H2,1H3,(H2,20,21,23);1H. The van der Waals surface area contributed by atoms with Crippen molar-refractivity contribution < 1.29 is 8.42 Å². The van der Waals surface area contributed by atoms with Gasteiger partial charge in [0.2, 0.25) is 10.0 Å². The number of piperidine rings is 1. The van der Waals surface area contributed by atoms with Gasteiger partial charge in [0.05, 0.1) is 0 Å². The first-order chi connectivity index (χ1) is 13.6. The third kappa shape index (κ3) is 7.12. The SMILES string of the molecule is CN=C(NCCNS(=O)(=O)c1cccs1)NC1CCN(c2ccccc2)CC1.I. The number of benzene rings is 1. The summed E-state index contributed by atoms with van der Waals surface area (Å²) in [7, 11) is -1.69. The number of nitrogens with zero attached hydrogens (tertiary/aromatic N) is 2. The van der Waals surface area contributed by atoms with E-state index in [1.165, 1.54) is 17.0 Å². The van der Waals surface area contributed by atoms with Crippen molar-refractivity contribution in [1.82, 2.24) is 15.4 Å². The minimum Gasteiger partial charge on any atom is -0.371 e. The minimum absolute atomic E-state index is 0. The number of anilines is 1. The zero-order valence-electron chi connectivity index (χ0n) is 16.4. The largest absolute Gasteiger partial charge is 0.371 e. The molecule has 0 unspecified atom stereocenters. The molecule has 160 valence electrons. The highest BCUT2D eigenvalue weighted by atomic mass is 127. The molecular formula is C19H28IN5O2S2. The van der Waals surface area contributed by atoms with Crippen molar-refractivity contribution in [2.75, 3.05) is 38.1 Å². The Labute approximate surface area is 194 Å². The lowest BCUT2D eigenvalue weighted by atomic mass is 10.0. The van der Waals surface area contributed by atoms with Crippen molar-refractivity contribution >= 4 is 57.0 Å². The van der Waals surface area contributed by atoms with E-state index in [0.29, 0.717) is 29.3 Å². The fourth-order valence-electron chi connectivity index (χ4n) is 3.16. The van der Waals surface area contributed by atoms with Crippen LogP contribution in [0.5, 0.6) is 0 Å². The van der Waals surface area contributed by atoms with E-state index in [0.717, 1.165) is 25.9 Å². The number of hydrogen-bond donors (Lipinski definition) is 3. The zero-order valence-corrected chi connectivity index (χ0v) is 20.3. The predicted octanol–water partition coefficient (Wildman–Crippen LogP) is 2.48. The van der Waals surface area contributed by atoms with Crippen LogP contribution in [0.15, 0.2) is 57.0 Å². The molecule has 7 nitrogen and oxygen atoms in total. The van der Waals surface area contributed by atoms with Crippen LogP contribution in [0.3, 0.4) is 0 Å². The fourth-order valence-corrected chi connectivity index (χ4v) is 5.23. The second-order valence-electron chi connectivity index (χ2n) is 6.57. The molecule has 1 aromatic heterocycles. The van der Waals surface area contributed by atoms with Crippen LogP contribution in [0.25, 0.3) is 0 Å². The number of guanidine groups is 1. The van der Waals surface area contributed by atoms with Gasteiger partial charge in [-0.15, -0.1) is 35.3 Å². The van der Waals surface area contributed by atoms with Gasteiger partial charge in [0.1, 0.15) is 4.21 Å². The van der Waals surface area contributed by atoms with E-state index >= 15 is 0 Å². The van der Waals surface area contributed by atoms with Crippen molar-refractivity contribution in [3.8, 4) is 0 Å². The van der Waals surface area contributed by atoms with E-state index in [1.54, 1.807) is 24.6 Å². The van der Waals surface area contributed by atoms with E-state index in [-0.39, 0.29) is 24.0 Å². The summed E-state index contributed by atoms with van der Waals surface area (Å²) < 4.78 is 27.1. The molecule has 2 aromatic rings. The van der Waals surface area contributed by atoms with Crippen LogP contribution >= 0.6 is 35.3 Å². The van der Waals surface area contributed by atoms with Crippen molar-refractivity contribution in [2.45, 2.75) is 23.1 Å². The van der Waals surface area contributed by atoms with Crippen LogP contribution < -0.4 is 20.3 Å². The lowest BCUT2D eigenvalue weighted by Gasteiger charge is -2.34. The number of hydrogen-bond acceptors (Lipinski definition) is 5. The van der Waals surface area contributed by atoms with Crippen LogP contribution in [0.1, 0.15) is 12.8 Å². The summed E-state index contributed by atoms with van der Waals surface area (Å²) in [5, 5.41) is 8.37. The topological polar surface area (TPSA) is 85.8 Å². The summed E-state index contributed by atoms with van der Waals surface area (Å²) in [5.41, 5.74) is 1.27. The molecule has 10 heteroatoms. The van der Waals surface area contributed by atoms with Gasteiger partial charge in [-0.25, -0.2) is 13.1 Å². The molecule has 1 aromatic carbocycles. The first-order valence-electron chi connectivity index (χ1n) is 9.39. The molecule has 0 spiro atoms. The van der Waals surface area contributed by atoms with Gasteiger partial charge in [-0.05, 0) is 36.4 Å². The van der Waals surface area contributed by atoms with E-state index in [9.17, 15) is 8.42 Å². The van der Waals surface area contributed by atoms with Crippen molar-refractivity contribution in [3.05, 3.63) is 47.8 Å². The number of rotatable bonds is 7. The Bertz CT molecular complexity index is 852. The monoisotopic (exact) mass is 549 g/mol. The van der Waals surface area contributed by atoms with E-state index < -0.39 is 10.0 Å². The summed E-state index contributed by atoms with van der Waals surface area (Å²) in [5.74, 6) is 0.702. The molecule has 0 amide bonds. The van der Waals surface area contributed by atoms with Crippen LogP contribution in [0, 0.1) is 0 Å². The van der Waals surface area contributed by atoms with Gasteiger partial charge in [0, 0.05) is 45.0 Å². The Balaban J connectivity index is 0.00000300. The van der Waals surface area contributed by atoms with Crippen molar-refractivity contribution in [1.29, 1.82) is 0 Å². The Morgan fingerprint density at radius 2 is 1.86 bits per heavy atom. The molecule has 0 radical (unpaired) electrons. The Kier molecular flexibility index (Phi) is 9.66. The zero-order chi connectivity index (χ0) is 19.8. The normalized spacial score (nSPS) is 15.6. The van der Waals surface area contributed by atoms with E-state index in [1.807, 2.05) is 6.07 Å². The maximum Gasteiger partial charge on any atom is 0.250 e. The highest BCUT2D eigenvalue weighted by Crippen LogP contribution is 2.19. The summed E-state index contributed by atoms with van der Waals surface area (Å²) in [4.78, 5) is 6.65. The molecular weight excluding hydrogens is 521 g/mol. The molecule has 1 aliphatic heterocycles. The predicted molar refractivity (Wildman–Crippen MR) is 131 cm³/mol. The minimum atomic E-state index is -3.42. The van der Waals surface area contributed by atoms with Crippen molar-refractivity contribution in [3.63, 3.8) is 0 Å². The van der Waals surface area contributed by atoms with Gasteiger partial charge >= 0.3 is 0 Å². The van der Waals surface area contributed by atoms with Crippen LogP contribution in [0.2, 0.25) is 0 Å². The molecule has 2 heterocycles. The van der Waals surface area contributed by atoms with E-state index in [2.05, 4.69) is 49.5 Å². The van der Waals surface area contributed by atoms with Crippen LogP contribution in [0.4, 0.5) is 5.69 Å². The van der Waals surface area contributed by atoms with Gasteiger partial charge in [0.15, 0.2) is 5.96 Å². The highest BCUT2D eigenvalue weighted by Gasteiger charge is 2.20. The average Bonchev–Trinajstić information content (AvgIpc) is 3.27. The van der Waals surface area contributed by atoms with Gasteiger partial charge < -0.3 is 15.5 Å². The third-order valence-corrected chi connectivity index (χ3v) is 7.51. The second-order valence-corrected chi connectivity index (χ2v) is 9.51. The fraction of sp³-hybridized carbons (Fsp3) is 0.421. The summed E-state index contributed by atoms with van der Waals surface area (Å²) >= 11 is 1.21. The molecule has 0 atom stereocenters. The van der Waals surface area contributed by atoms with Crippen molar-refractivity contribution in [2.24, 2.45) is 4.99 Å². The number of halogens is 1. The Morgan fingerprint density at radius 1 is 1.14 bits per heavy atom. The average molecular weight is 550 g/mol.